The molecular weight excluding hydrogens is 382 g/mol. The monoisotopic (exact) mass is 407 g/mol. The lowest BCUT2D eigenvalue weighted by molar-refractivity contribution is -0.135. The number of nitrogens with zero attached hydrogens (tertiary/aromatic N) is 2. The van der Waals surface area contributed by atoms with Gasteiger partial charge in [-0.25, -0.2) is 0 Å². The third kappa shape index (κ3) is 2.83. The summed E-state index contributed by atoms with van der Waals surface area (Å²) in [6.45, 7) is 0.127. The molecule has 1 aromatic heterocycles. The van der Waals surface area contributed by atoms with E-state index in [9.17, 15) is 14.4 Å². The minimum Gasteiger partial charge on any atom is -0.467 e. The Morgan fingerprint density at radius 3 is 2.67 bits per heavy atom. The van der Waals surface area contributed by atoms with Gasteiger partial charge in [-0.05, 0) is 37.1 Å². The molecule has 1 saturated heterocycles. The standard InChI is InChI=1S/C23H25N3O4/c27-20-12-13-23(22(29)24-16-7-2-1-3-8-16)25(15-17-9-6-14-30-17)21(28)18-10-4-5-11-19(18)26(20)23/h4-6,9-11,14,16H,1-3,7-8,12-13,15H2,(H,24,29). The summed E-state index contributed by atoms with van der Waals surface area (Å²) >= 11 is 0. The topological polar surface area (TPSA) is 82.9 Å². The van der Waals surface area contributed by atoms with Gasteiger partial charge in [-0.2, -0.15) is 0 Å². The van der Waals surface area contributed by atoms with Gasteiger partial charge >= 0.3 is 0 Å². The Kier molecular flexibility index (Phi) is 4.60. The van der Waals surface area contributed by atoms with Gasteiger partial charge in [0.25, 0.3) is 11.8 Å². The number of nitrogens with one attached hydrogen (secondary N) is 1. The van der Waals surface area contributed by atoms with Crippen molar-refractivity contribution in [3.05, 3.63) is 54.0 Å². The molecule has 3 aliphatic rings. The number of furan rings is 1. The Bertz CT molecular complexity index is 980. The number of fused-ring (bicyclic) bond motifs is 3. The number of benzene rings is 1. The quantitative estimate of drug-likeness (QED) is 0.844. The highest BCUT2D eigenvalue weighted by Crippen LogP contribution is 2.45. The Balaban J connectivity index is 1.60. The van der Waals surface area contributed by atoms with Crippen LogP contribution in [0.1, 0.15) is 61.1 Å². The minimum absolute atomic E-state index is 0.0795. The third-order valence-electron chi connectivity index (χ3n) is 6.57. The molecule has 2 aromatic rings. The maximum absolute atomic E-state index is 13.8. The molecule has 1 saturated carbocycles. The molecule has 3 amide bonds. The second kappa shape index (κ2) is 7.31. The molecular formula is C23H25N3O4. The van der Waals surface area contributed by atoms with E-state index >= 15 is 0 Å². The number of carbonyl (C=O) groups excluding carboxylic acids is 3. The van der Waals surface area contributed by atoms with Crippen LogP contribution in [0, 0.1) is 0 Å². The van der Waals surface area contributed by atoms with Gasteiger partial charge in [-0.3, -0.25) is 24.2 Å². The van der Waals surface area contributed by atoms with Crippen molar-refractivity contribution in [2.24, 2.45) is 0 Å². The van der Waals surface area contributed by atoms with Crippen LogP contribution in [0.15, 0.2) is 47.1 Å². The van der Waals surface area contributed by atoms with E-state index in [1.54, 1.807) is 47.6 Å². The summed E-state index contributed by atoms with van der Waals surface area (Å²) in [6, 6.07) is 10.6. The van der Waals surface area contributed by atoms with Crippen molar-refractivity contribution in [1.82, 2.24) is 10.2 Å². The zero-order valence-corrected chi connectivity index (χ0v) is 16.8. The van der Waals surface area contributed by atoms with Crippen LogP contribution < -0.4 is 10.2 Å². The summed E-state index contributed by atoms with van der Waals surface area (Å²) < 4.78 is 5.49. The summed E-state index contributed by atoms with van der Waals surface area (Å²) in [6.07, 6.45) is 7.23. The molecule has 0 radical (unpaired) electrons. The van der Waals surface area contributed by atoms with Crippen molar-refractivity contribution in [2.45, 2.75) is 63.2 Å². The van der Waals surface area contributed by atoms with E-state index in [2.05, 4.69) is 5.32 Å². The average molecular weight is 407 g/mol. The number of anilines is 1. The number of carbonyl (C=O) groups is 3. The lowest BCUT2D eigenvalue weighted by Gasteiger charge is -2.49. The Morgan fingerprint density at radius 1 is 1.10 bits per heavy atom. The summed E-state index contributed by atoms with van der Waals surface area (Å²) in [4.78, 5) is 43.4. The van der Waals surface area contributed by atoms with Crippen LogP contribution in [0.3, 0.4) is 0 Å². The fraction of sp³-hybridized carbons (Fsp3) is 0.435. The van der Waals surface area contributed by atoms with Crippen molar-refractivity contribution < 1.29 is 18.8 Å². The largest absolute Gasteiger partial charge is 0.467 e. The molecule has 2 fully saturated rings. The Hall–Kier alpha value is -3.09. The average Bonchev–Trinajstić information content (AvgIpc) is 3.40. The first-order valence-corrected chi connectivity index (χ1v) is 10.7. The molecule has 1 atom stereocenters. The van der Waals surface area contributed by atoms with Gasteiger partial charge in [-0.1, -0.05) is 31.4 Å². The summed E-state index contributed by atoms with van der Waals surface area (Å²) in [5.41, 5.74) is -0.424. The molecule has 1 N–H and O–H groups in total. The lowest BCUT2D eigenvalue weighted by Crippen LogP contribution is -2.70. The van der Waals surface area contributed by atoms with Crippen LogP contribution in [-0.4, -0.2) is 34.3 Å². The van der Waals surface area contributed by atoms with E-state index in [1.165, 1.54) is 11.3 Å². The van der Waals surface area contributed by atoms with E-state index in [1.807, 2.05) is 0 Å². The first-order chi connectivity index (χ1) is 14.6. The van der Waals surface area contributed by atoms with E-state index in [0.717, 1.165) is 25.7 Å². The van der Waals surface area contributed by atoms with Crippen molar-refractivity contribution in [3.63, 3.8) is 0 Å². The van der Waals surface area contributed by atoms with E-state index < -0.39 is 5.66 Å². The van der Waals surface area contributed by atoms with Crippen LogP contribution in [0.4, 0.5) is 5.69 Å². The van der Waals surface area contributed by atoms with Gasteiger partial charge in [0.05, 0.1) is 24.1 Å². The van der Waals surface area contributed by atoms with Gasteiger partial charge < -0.3 is 9.73 Å². The second-order valence-corrected chi connectivity index (χ2v) is 8.34. The van der Waals surface area contributed by atoms with Crippen molar-refractivity contribution >= 4 is 23.4 Å². The Labute approximate surface area is 175 Å². The van der Waals surface area contributed by atoms with Gasteiger partial charge in [0, 0.05) is 18.9 Å². The predicted molar refractivity (Wildman–Crippen MR) is 109 cm³/mol. The van der Waals surface area contributed by atoms with E-state index in [0.29, 0.717) is 17.0 Å². The summed E-state index contributed by atoms with van der Waals surface area (Å²) in [7, 11) is 0. The smallest absolute Gasteiger partial charge is 0.267 e. The molecule has 30 heavy (non-hydrogen) atoms. The second-order valence-electron chi connectivity index (χ2n) is 8.34. The van der Waals surface area contributed by atoms with Crippen LogP contribution in [0.2, 0.25) is 0 Å². The summed E-state index contributed by atoms with van der Waals surface area (Å²) in [5, 5.41) is 3.17. The molecule has 0 spiro atoms. The van der Waals surface area contributed by atoms with Crippen LogP contribution in [-0.2, 0) is 16.1 Å². The van der Waals surface area contributed by atoms with Crippen LogP contribution in [0.25, 0.3) is 0 Å². The number of para-hydroxylation sites is 1. The van der Waals surface area contributed by atoms with E-state index in [-0.39, 0.29) is 43.1 Å². The first-order valence-electron chi connectivity index (χ1n) is 10.7. The van der Waals surface area contributed by atoms with Crippen LogP contribution >= 0.6 is 0 Å². The molecule has 7 nitrogen and oxygen atoms in total. The predicted octanol–water partition coefficient (Wildman–Crippen LogP) is 3.21. The molecule has 2 aliphatic heterocycles. The number of amides is 3. The molecule has 1 aliphatic carbocycles. The van der Waals surface area contributed by atoms with Crippen molar-refractivity contribution in [3.8, 4) is 0 Å². The fourth-order valence-electron chi connectivity index (χ4n) is 5.11. The molecule has 0 bridgehead atoms. The molecule has 1 unspecified atom stereocenters. The molecule has 3 heterocycles. The van der Waals surface area contributed by atoms with Gasteiger partial charge in [0.15, 0.2) is 0 Å². The zero-order valence-electron chi connectivity index (χ0n) is 16.8. The van der Waals surface area contributed by atoms with E-state index in [4.69, 9.17) is 4.42 Å². The molecule has 5 rings (SSSR count). The number of hydrogen-bond donors (Lipinski definition) is 1. The van der Waals surface area contributed by atoms with Gasteiger partial charge in [-0.15, -0.1) is 0 Å². The molecule has 156 valence electrons. The highest BCUT2D eigenvalue weighted by Gasteiger charge is 2.61. The molecule has 1 aromatic carbocycles. The summed E-state index contributed by atoms with van der Waals surface area (Å²) in [5.74, 6) is -0.0912. The van der Waals surface area contributed by atoms with Gasteiger partial charge in [0.2, 0.25) is 11.6 Å². The minimum atomic E-state index is -1.37. The van der Waals surface area contributed by atoms with Crippen molar-refractivity contribution in [2.75, 3.05) is 4.90 Å². The SMILES string of the molecule is O=C1c2ccccc2N2C(=O)CCC2(C(=O)NC2CCCCC2)N1Cc1ccco1. The third-order valence-corrected chi connectivity index (χ3v) is 6.57. The normalized spacial score (nSPS) is 24.0. The lowest BCUT2D eigenvalue weighted by atomic mass is 9.92. The van der Waals surface area contributed by atoms with Gasteiger partial charge in [0.1, 0.15) is 5.76 Å². The number of rotatable bonds is 4. The van der Waals surface area contributed by atoms with Crippen molar-refractivity contribution in [1.29, 1.82) is 0 Å². The first kappa shape index (κ1) is 18.9. The zero-order chi connectivity index (χ0) is 20.7. The highest BCUT2D eigenvalue weighted by atomic mass is 16.3. The van der Waals surface area contributed by atoms with Crippen LogP contribution in [0.5, 0.6) is 0 Å². The maximum Gasteiger partial charge on any atom is 0.267 e. The fourth-order valence-corrected chi connectivity index (χ4v) is 5.11. The Morgan fingerprint density at radius 2 is 1.90 bits per heavy atom. The maximum atomic E-state index is 13.8. The number of hydrogen-bond acceptors (Lipinski definition) is 4. The highest BCUT2D eigenvalue weighted by molar-refractivity contribution is 6.16. The molecule has 7 heteroatoms.